The van der Waals surface area contributed by atoms with Gasteiger partial charge >= 0.3 is 0 Å². The molecule has 0 unspecified atom stereocenters. The highest BCUT2D eigenvalue weighted by molar-refractivity contribution is 7.89. The molecule has 0 saturated heterocycles. The van der Waals surface area contributed by atoms with Gasteiger partial charge in [0.15, 0.2) is 0 Å². The van der Waals surface area contributed by atoms with Crippen LogP contribution in [0.1, 0.15) is 30.2 Å². The second-order valence-corrected chi connectivity index (χ2v) is 8.73. The number of carbonyl (C=O) groups excluding carboxylic acids is 1. The molecular formula is C18H20N2O5S. The molecule has 2 N–H and O–H groups in total. The second-order valence-electron chi connectivity index (χ2n) is 6.96. The van der Waals surface area contributed by atoms with E-state index in [0.29, 0.717) is 31.6 Å². The third-order valence-corrected chi connectivity index (χ3v) is 6.37. The number of furan rings is 1. The van der Waals surface area contributed by atoms with E-state index < -0.39 is 15.6 Å². The van der Waals surface area contributed by atoms with Gasteiger partial charge in [-0.05, 0) is 55.2 Å². The van der Waals surface area contributed by atoms with Gasteiger partial charge in [-0.25, -0.2) is 13.1 Å². The van der Waals surface area contributed by atoms with Gasteiger partial charge < -0.3 is 14.4 Å². The van der Waals surface area contributed by atoms with Gasteiger partial charge in [0.1, 0.15) is 11.4 Å². The summed E-state index contributed by atoms with van der Waals surface area (Å²) in [5.41, 5.74) is 1.19. The summed E-state index contributed by atoms with van der Waals surface area (Å²) in [6.45, 7) is 1.88. The largest absolute Gasteiger partial charge is 0.466 e. The highest BCUT2D eigenvalue weighted by Crippen LogP contribution is 2.38. The zero-order chi connectivity index (χ0) is 18.5. The number of sulfonamides is 1. The fourth-order valence-electron chi connectivity index (χ4n) is 3.57. The molecular weight excluding hydrogens is 356 g/mol. The molecule has 1 amide bonds. The van der Waals surface area contributed by atoms with Gasteiger partial charge in [-0.15, -0.1) is 0 Å². The second kappa shape index (κ2) is 5.94. The Hall–Kier alpha value is -2.16. The summed E-state index contributed by atoms with van der Waals surface area (Å²) < 4.78 is 33.1. The predicted octanol–water partition coefficient (Wildman–Crippen LogP) is 1.30. The summed E-state index contributed by atoms with van der Waals surface area (Å²) >= 11 is 0. The van der Waals surface area contributed by atoms with Crippen LogP contribution in [0, 0.1) is 0 Å². The van der Waals surface area contributed by atoms with Crippen molar-refractivity contribution in [2.24, 2.45) is 0 Å². The van der Waals surface area contributed by atoms with Crippen molar-refractivity contribution in [2.75, 3.05) is 18.0 Å². The van der Waals surface area contributed by atoms with Crippen LogP contribution in [0.25, 0.3) is 0 Å². The van der Waals surface area contributed by atoms with Crippen LogP contribution in [0.15, 0.2) is 39.8 Å². The maximum absolute atomic E-state index is 12.7. The number of anilines is 1. The van der Waals surface area contributed by atoms with Crippen LogP contribution in [-0.2, 0) is 33.3 Å². The number of benzene rings is 1. The standard InChI is InChI=1S/C18H20N2O5S/c1-18(22,15-3-2-8-25-15)11-19-26(23,24)14-9-12-4-5-16(21)20-7-6-13(10-14)17(12)20/h2-3,8-10,19,22H,4-7,11H2,1H3/t18-/m1/s1. The Morgan fingerprint density at radius 1 is 1.27 bits per heavy atom. The third-order valence-electron chi connectivity index (χ3n) is 4.99. The highest BCUT2D eigenvalue weighted by Gasteiger charge is 2.34. The normalized spacial score (nSPS) is 18.7. The van der Waals surface area contributed by atoms with Crippen molar-refractivity contribution in [1.82, 2.24) is 4.72 Å². The van der Waals surface area contributed by atoms with Crippen molar-refractivity contribution in [3.8, 4) is 0 Å². The first-order chi connectivity index (χ1) is 12.3. The highest BCUT2D eigenvalue weighted by atomic mass is 32.2. The maximum atomic E-state index is 12.7. The fourth-order valence-corrected chi connectivity index (χ4v) is 4.80. The Morgan fingerprint density at radius 3 is 2.69 bits per heavy atom. The van der Waals surface area contributed by atoms with E-state index in [1.807, 2.05) is 0 Å². The lowest BCUT2D eigenvalue weighted by molar-refractivity contribution is -0.118. The van der Waals surface area contributed by atoms with Gasteiger partial charge in [0.05, 0.1) is 16.8 Å². The van der Waals surface area contributed by atoms with E-state index in [0.717, 1.165) is 16.8 Å². The first kappa shape index (κ1) is 17.3. The van der Waals surface area contributed by atoms with E-state index in [4.69, 9.17) is 4.42 Å². The van der Waals surface area contributed by atoms with E-state index >= 15 is 0 Å². The molecule has 1 atom stereocenters. The number of aryl methyl sites for hydroxylation is 1. The predicted molar refractivity (Wildman–Crippen MR) is 94.3 cm³/mol. The maximum Gasteiger partial charge on any atom is 0.240 e. The smallest absolute Gasteiger partial charge is 0.240 e. The van der Waals surface area contributed by atoms with E-state index in [-0.39, 0.29) is 17.3 Å². The van der Waals surface area contributed by atoms with Crippen LogP contribution in [0.4, 0.5) is 5.69 Å². The van der Waals surface area contributed by atoms with Crippen LogP contribution in [0.2, 0.25) is 0 Å². The monoisotopic (exact) mass is 376 g/mol. The van der Waals surface area contributed by atoms with Crippen molar-refractivity contribution in [3.05, 3.63) is 47.4 Å². The molecule has 0 radical (unpaired) electrons. The van der Waals surface area contributed by atoms with Crippen LogP contribution in [-0.4, -0.2) is 32.5 Å². The Kier molecular flexibility index (Phi) is 3.94. The first-order valence-electron chi connectivity index (χ1n) is 8.50. The average Bonchev–Trinajstić information content (AvgIpc) is 3.27. The summed E-state index contributed by atoms with van der Waals surface area (Å²) in [6.07, 6.45) is 3.03. The van der Waals surface area contributed by atoms with Gasteiger partial charge in [0.25, 0.3) is 0 Å². The number of nitrogens with zero attached hydrogens (tertiary/aromatic N) is 1. The van der Waals surface area contributed by atoms with Crippen molar-refractivity contribution >= 4 is 21.6 Å². The molecule has 2 aliphatic heterocycles. The van der Waals surface area contributed by atoms with Crippen molar-refractivity contribution < 1.29 is 22.7 Å². The van der Waals surface area contributed by atoms with Crippen molar-refractivity contribution in [1.29, 1.82) is 0 Å². The number of carbonyl (C=O) groups is 1. The third kappa shape index (κ3) is 2.84. The lowest BCUT2D eigenvalue weighted by Crippen LogP contribution is -2.38. The SMILES string of the molecule is C[C@@](O)(CNS(=O)(=O)c1cc2c3c(c1)CCN3C(=O)CC2)c1ccco1. The number of rotatable bonds is 5. The van der Waals surface area contributed by atoms with Crippen LogP contribution >= 0.6 is 0 Å². The molecule has 0 spiro atoms. The number of hydrogen-bond acceptors (Lipinski definition) is 5. The summed E-state index contributed by atoms with van der Waals surface area (Å²) in [5, 5.41) is 10.4. The van der Waals surface area contributed by atoms with E-state index in [1.165, 1.54) is 13.2 Å². The average molecular weight is 376 g/mol. The molecule has 1 aromatic carbocycles. The summed E-state index contributed by atoms with van der Waals surface area (Å²) in [6, 6.07) is 6.49. The lowest BCUT2D eigenvalue weighted by Gasteiger charge is -2.26. The van der Waals surface area contributed by atoms with Gasteiger partial charge in [-0.3, -0.25) is 4.79 Å². The number of amides is 1. The van der Waals surface area contributed by atoms with E-state index in [9.17, 15) is 18.3 Å². The minimum absolute atomic E-state index is 0.0967. The minimum atomic E-state index is -3.80. The minimum Gasteiger partial charge on any atom is -0.466 e. The molecule has 26 heavy (non-hydrogen) atoms. The molecule has 0 fully saturated rings. The topological polar surface area (TPSA) is 99.9 Å². The molecule has 138 valence electrons. The zero-order valence-electron chi connectivity index (χ0n) is 14.4. The van der Waals surface area contributed by atoms with Crippen LogP contribution in [0.3, 0.4) is 0 Å². The molecule has 3 heterocycles. The van der Waals surface area contributed by atoms with E-state index in [2.05, 4.69) is 4.72 Å². The first-order valence-corrected chi connectivity index (χ1v) is 9.98. The Bertz CT molecular complexity index is 964. The number of nitrogens with one attached hydrogen (secondary N) is 1. The molecule has 0 bridgehead atoms. The molecule has 8 heteroatoms. The van der Waals surface area contributed by atoms with Gasteiger partial charge in [0.2, 0.25) is 15.9 Å². The zero-order valence-corrected chi connectivity index (χ0v) is 15.2. The molecule has 2 aromatic rings. The molecule has 7 nitrogen and oxygen atoms in total. The Morgan fingerprint density at radius 2 is 2.00 bits per heavy atom. The van der Waals surface area contributed by atoms with Gasteiger partial charge in [-0.2, -0.15) is 0 Å². The summed E-state index contributed by atoms with van der Waals surface area (Å²) in [5.74, 6) is 0.387. The van der Waals surface area contributed by atoms with E-state index in [1.54, 1.807) is 29.2 Å². The molecule has 2 aliphatic rings. The number of hydrogen-bond donors (Lipinski definition) is 2. The van der Waals surface area contributed by atoms with Crippen LogP contribution < -0.4 is 9.62 Å². The lowest BCUT2D eigenvalue weighted by atomic mass is 10.00. The molecule has 0 aliphatic carbocycles. The summed E-state index contributed by atoms with van der Waals surface area (Å²) in [4.78, 5) is 13.9. The molecule has 4 rings (SSSR count). The fraction of sp³-hybridized carbons (Fsp3) is 0.389. The van der Waals surface area contributed by atoms with Gasteiger partial charge in [-0.1, -0.05) is 0 Å². The Balaban J connectivity index is 1.60. The van der Waals surface area contributed by atoms with Crippen LogP contribution in [0.5, 0.6) is 0 Å². The van der Waals surface area contributed by atoms with Gasteiger partial charge in [0, 0.05) is 19.5 Å². The quantitative estimate of drug-likeness (QED) is 0.819. The molecule has 0 saturated carbocycles. The van der Waals surface area contributed by atoms with Crippen molar-refractivity contribution in [2.45, 2.75) is 36.7 Å². The summed E-state index contributed by atoms with van der Waals surface area (Å²) in [7, 11) is -3.80. The molecule has 1 aromatic heterocycles. The van der Waals surface area contributed by atoms with Crippen molar-refractivity contribution in [3.63, 3.8) is 0 Å². The Labute approximate surface area is 151 Å². The number of aliphatic hydroxyl groups is 1.